The molecule has 8 nitrogen and oxygen atoms in total. The number of carbonyl (C=O) groups is 1. The van der Waals surface area contributed by atoms with Gasteiger partial charge in [-0.25, -0.2) is 4.98 Å². The molecule has 1 aromatic carbocycles. The molecule has 4 rings (SSSR count). The van der Waals surface area contributed by atoms with Crippen molar-refractivity contribution in [3.05, 3.63) is 34.9 Å². The van der Waals surface area contributed by atoms with E-state index in [2.05, 4.69) is 41.4 Å². The Morgan fingerprint density at radius 3 is 2.67 bits per heavy atom. The molecule has 2 aliphatic heterocycles. The quantitative estimate of drug-likeness (QED) is 0.554. The monoisotopic (exact) mass is 475 g/mol. The molecule has 2 saturated heterocycles. The highest BCUT2D eigenvalue weighted by atomic mass is 79.9. The number of carboxylic acids is 1. The molecule has 3 heterocycles. The largest absolute Gasteiger partial charge is 0.481 e. The van der Waals surface area contributed by atoms with Crippen molar-refractivity contribution in [2.24, 2.45) is 5.92 Å². The van der Waals surface area contributed by atoms with Crippen LogP contribution in [0.4, 0.5) is 23.1 Å². The van der Waals surface area contributed by atoms with Crippen LogP contribution in [0, 0.1) is 5.92 Å². The Kier molecular flexibility index (Phi) is 6.69. The lowest BCUT2D eigenvalue weighted by molar-refractivity contribution is -0.142. The summed E-state index contributed by atoms with van der Waals surface area (Å²) in [5.41, 5.74) is 1.99. The number of nitrogens with one attached hydrogen (secondary N) is 2. The highest BCUT2D eigenvalue weighted by molar-refractivity contribution is 9.10. The molecular weight excluding hydrogens is 450 g/mol. The van der Waals surface area contributed by atoms with Crippen LogP contribution < -0.4 is 15.5 Å². The predicted octanol–water partition coefficient (Wildman–Crippen LogP) is 3.87. The third-order valence-corrected chi connectivity index (χ3v) is 6.18. The summed E-state index contributed by atoms with van der Waals surface area (Å²) in [5, 5.41) is 15.7. The molecule has 2 aromatic rings. The first-order valence-electron chi connectivity index (χ1n) is 10.3. The number of anilines is 4. The highest BCUT2D eigenvalue weighted by Crippen LogP contribution is 2.26. The van der Waals surface area contributed by atoms with Gasteiger partial charge < -0.3 is 25.4 Å². The summed E-state index contributed by atoms with van der Waals surface area (Å²) in [6.45, 7) is 3.08. The van der Waals surface area contributed by atoms with Crippen molar-refractivity contribution >= 4 is 45.0 Å². The lowest BCUT2D eigenvalue weighted by atomic mass is 9.97. The molecule has 0 saturated carbocycles. The van der Waals surface area contributed by atoms with Gasteiger partial charge in [0.1, 0.15) is 5.82 Å². The summed E-state index contributed by atoms with van der Waals surface area (Å²) in [6.07, 6.45) is 5.51. The Morgan fingerprint density at radius 1 is 1.23 bits per heavy atom. The van der Waals surface area contributed by atoms with E-state index in [-0.39, 0.29) is 12.0 Å². The average molecular weight is 476 g/mol. The lowest BCUT2D eigenvalue weighted by Gasteiger charge is -2.32. The molecule has 30 heavy (non-hydrogen) atoms. The average Bonchev–Trinajstić information content (AvgIpc) is 3.28. The summed E-state index contributed by atoms with van der Waals surface area (Å²) in [6, 6.07) is 8.06. The number of aromatic nitrogens is 2. The fraction of sp³-hybridized carbons (Fsp3) is 0.476. The van der Waals surface area contributed by atoms with E-state index in [0.29, 0.717) is 18.8 Å². The molecule has 160 valence electrons. The first-order chi connectivity index (χ1) is 14.6. The Labute approximate surface area is 184 Å². The smallest absolute Gasteiger partial charge is 0.306 e. The Morgan fingerprint density at radius 2 is 2.00 bits per heavy atom. The third kappa shape index (κ3) is 5.20. The van der Waals surface area contributed by atoms with Crippen molar-refractivity contribution in [2.45, 2.75) is 31.8 Å². The van der Waals surface area contributed by atoms with Crippen molar-refractivity contribution in [1.82, 2.24) is 9.97 Å². The summed E-state index contributed by atoms with van der Waals surface area (Å²) in [5.74, 6) is 0.345. The van der Waals surface area contributed by atoms with Crippen LogP contribution >= 0.6 is 15.9 Å². The number of ether oxygens (including phenoxy) is 1. The van der Waals surface area contributed by atoms with Crippen molar-refractivity contribution in [3.63, 3.8) is 0 Å². The second-order valence-corrected chi connectivity index (χ2v) is 8.53. The molecule has 2 aliphatic rings. The Hall–Kier alpha value is -2.39. The standard InChI is InChI=1S/C21H26BrN5O3/c22-18-13-24-21(26-19(18)23-12-17-2-1-11-30-17)25-15-3-5-16(6-4-15)27-9-7-14(8-10-27)20(28)29/h3-6,13-14,17H,1-2,7-12H2,(H,28,29)(H2,23,24,25,26). The summed E-state index contributed by atoms with van der Waals surface area (Å²) >= 11 is 3.49. The molecule has 0 spiro atoms. The topological polar surface area (TPSA) is 99.6 Å². The van der Waals surface area contributed by atoms with Crippen LogP contribution in [0.25, 0.3) is 0 Å². The number of hydrogen-bond acceptors (Lipinski definition) is 7. The maximum absolute atomic E-state index is 11.1. The summed E-state index contributed by atoms with van der Waals surface area (Å²) < 4.78 is 6.46. The van der Waals surface area contributed by atoms with Crippen molar-refractivity contribution in [1.29, 1.82) is 0 Å². The number of hydrogen-bond donors (Lipinski definition) is 3. The fourth-order valence-corrected chi connectivity index (χ4v) is 4.17. The second-order valence-electron chi connectivity index (χ2n) is 7.68. The minimum absolute atomic E-state index is 0.222. The lowest BCUT2D eigenvalue weighted by Crippen LogP contribution is -2.36. The van der Waals surface area contributed by atoms with Gasteiger partial charge in [0.25, 0.3) is 0 Å². The molecular formula is C21H26BrN5O3. The van der Waals surface area contributed by atoms with Crippen LogP contribution in [0.3, 0.4) is 0 Å². The van der Waals surface area contributed by atoms with E-state index in [1.54, 1.807) is 6.20 Å². The van der Waals surface area contributed by atoms with Gasteiger partial charge in [-0.1, -0.05) is 0 Å². The van der Waals surface area contributed by atoms with Crippen molar-refractivity contribution < 1.29 is 14.6 Å². The van der Waals surface area contributed by atoms with Crippen LogP contribution in [0.5, 0.6) is 0 Å². The Bertz CT molecular complexity index is 865. The van der Waals surface area contributed by atoms with E-state index >= 15 is 0 Å². The normalized spacial score (nSPS) is 19.6. The maximum atomic E-state index is 11.1. The van der Waals surface area contributed by atoms with E-state index in [9.17, 15) is 4.79 Å². The van der Waals surface area contributed by atoms with Crippen molar-refractivity contribution in [3.8, 4) is 0 Å². The number of piperidine rings is 1. The number of rotatable bonds is 7. The molecule has 2 fully saturated rings. The first kappa shape index (κ1) is 20.9. The van der Waals surface area contributed by atoms with Gasteiger partial charge >= 0.3 is 5.97 Å². The molecule has 0 radical (unpaired) electrons. The van der Waals surface area contributed by atoms with Gasteiger partial charge in [-0.3, -0.25) is 4.79 Å². The SMILES string of the molecule is O=C(O)C1CCN(c2ccc(Nc3ncc(Br)c(NCC4CCCO4)n3)cc2)CC1. The predicted molar refractivity (Wildman–Crippen MR) is 119 cm³/mol. The first-order valence-corrected chi connectivity index (χ1v) is 11.1. The second kappa shape index (κ2) is 9.61. The zero-order valence-corrected chi connectivity index (χ0v) is 18.3. The number of carboxylic acid groups (broad SMARTS) is 1. The van der Waals surface area contributed by atoms with Crippen LogP contribution in [-0.2, 0) is 9.53 Å². The van der Waals surface area contributed by atoms with Gasteiger partial charge in [0.15, 0.2) is 0 Å². The zero-order chi connectivity index (χ0) is 20.9. The molecule has 9 heteroatoms. The summed E-state index contributed by atoms with van der Waals surface area (Å²) in [7, 11) is 0. The molecule has 0 amide bonds. The van der Waals surface area contributed by atoms with Gasteiger partial charge in [0, 0.05) is 43.8 Å². The van der Waals surface area contributed by atoms with Crippen LogP contribution in [0.1, 0.15) is 25.7 Å². The molecule has 0 bridgehead atoms. The Balaban J connectivity index is 1.35. The van der Waals surface area contributed by atoms with Gasteiger partial charge in [-0.05, 0) is 65.9 Å². The number of nitrogens with zero attached hydrogens (tertiary/aromatic N) is 3. The third-order valence-electron chi connectivity index (χ3n) is 5.60. The minimum Gasteiger partial charge on any atom is -0.481 e. The highest BCUT2D eigenvalue weighted by Gasteiger charge is 2.24. The zero-order valence-electron chi connectivity index (χ0n) is 16.7. The van der Waals surface area contributed by atoms with E-state index in [0.717, 1.165) is 60.7 Å². The summed E-state index contributed by atoms with van der Waals surface area (Å²) in [4.78, 5) is 22.3. The molecule has 0 aliphatic carbocycles. The molecule has 1 unspecified atom stereocenters. The van der Waals surface area contributed by atoms with Crippen LogP contribution in [0.2, 0.25) is 0 Å². The molecule has 1 atom stereocenters. The molecule has 3 N–H and O–H groups in total. The van der Waals surface area contributed by atoms with Crippen LogP contribution in [0.15, 0.2) is 34.9 Å². The van der Waals surface area contributed by atoms with Gasteiger partial charge in [0.05, 0.1) is 16.5 Å². The van der Waals surface area contributed by atoms with Gasteiger partial charge in [0.2, 0.25) is 5.95 Å². The number of benzene rings is 1. The number of halogens is 1. The van der Waals surface area contributed by atoms with Crippen LogP contribution in [-0.4, -0.2) is 53.4 Å². The van der Waals surface area contributed by atoms with E-state index in [1.165, 1.54) is 0 Å². The maximum Gasteiger partial charge on any atom is 0.306 e. The van der Waals surface area contributed by atoms with Gasteiger partial charge in [-0.15, -0.1) is 0 Å². The molecule has 1 aromatic heterocycles. The van der Waals surface area contributed by atoms with E-state index in [1.807, 2.05) is 24.3 Å². The van der Waals surface area contributed by atoms with Gasteiger partial charge in [-0.2, -0.15) is 4.98 Å². The minimum atomic E-state index is -0.687. The van der Waals surface area contributed by atoms with E-state index < -0.39 is 5.97 Å². The van der Waals surface area contributed by atoms with E-state index in [4.69, 9.17) is 9.84 Å². The number of aliphatic carboxylic acids is 1. The van der Waals surface area contributed by atoms with Crippen molar-refractivity contribution in [2.75, 3.05) is 41.8 Å². The fourth-order valence-electron chi connectivity index (χ4n) is 3.84.